The van der Waals surface area contributed by atoms with Crippen molar-refractivity contribution in [2.45, 2.75) is 29.7 Å². The standard InChI is InChI=1S/C12H12IN3S/c13-8-1-2-10-9(3-8)14-11(16-17-10)15-12-4-7(5-12)6-12/h1-3,7H,4-6H2,(H2,14,15,16). The second-order valence-corrected chi connectivity index (χ2v) is 7.23. The van der Waals surface area contributed by atoms with Gasteiger partial charge in [0, 0.05) is 3.57 Å². The molecule has 3 aliphatic carbocycles. The van der Waals surface area contributed by atoms with Crippen molar-refractivity contribution in [3.05, 3.63) is 21.8 Å². The maximum atomic E-state index is 4.84. The third-order valence-electron chi connectivity index (χ3n) is 3.81. The summed E-state index contributed by atoms with van der Waals surface area (Å²) in [5.41, 5.74) is 1.46. The van der Waals surface area contributed by atoms with Gasteiger partial charge in [0.25, 0.3) is 0 Å². The molecule has 17 heavy (non-hydrogen) atoms. The zero-order valence-corrected chi connectivity index (χ0v) is 12.1. The predicted molar refractivity (Wildman–Crippen MR) is 79.3 cm³/mol. The van der Waals surface area contributed by atoms with Crippen LogP contribution < -0.4 is 10.0 Å². The largest absolute Gasteiger partial charge is 0.325 e. The number of hydrogen-bond acceptors (Lipinski definition) is 2. The topological polar surface area (TPSA) is 36.4 Å². The molecule has 0 saturated heterocycles. The molecule has 0 radical (unpaired) electrons. The number of hydrogen-bond donors (Lipinski definition) is 2. The van der Waals surface area contributed by atoms with E-state index in [4.69, 9.17) is 4.99 Å². The van der Waals surface area contributed by atoms with Gasteiger partial charge in [-0.15, -0.1) is 0 Å². The highest BCUT2D eigenvalue weighted by atomic mass is 127. The third kappa shape index (κ3) is 1.66. The van der Waals surface area contributed by atoms with Gasteiger partial charge >= 0.3 is 0 Å². The van der Waals surface area contributed by atoms with Crippen molar-refractivity contribution in [2.75, 3.05) is 5.32 Å². The molecule has 5 rings (SSSR count). The Morgan fingerprint density at radius 3 is 2.88 bits per heavy atom. The van der Waals surface area contributed by atoms with Gasteiger partial charge < -0.3 is 5.32 Å². The van der Waals surface area contributed by atoms with Crippen LogP contribution in [0.25, 0.3) is 0 Å². The van der Waals surface area contributed by atoms with Crippen LogP contribution in [0.4, 0.5) is 5.69 Å². The third-order valence-corrected chi connectivity index (χ3v) is 5.35. The van der Waals surface area contributed by atoms with Crippen LogP contribution in [-0.4, -0.2) is 11.5 Å². The molecular formula is C12H12IN3S. The van der Waals surface area contributed by atoms with Gasteiger partial charge in [-0.25, -0.2) is 4.99 Å². The smallest absolute Gasteiger partial charge is 0.206 e. The number of rotatable bonds is 1. The van der Waals surface area contributed by atoms with Crippen LogP contribution in [0.5, 0.6) is 0 Å². The van der Waals surface area contributed by atoms with Crippen LogP contribution in [-0.2, 0) is 0 Å². The Labute approximate surface area is 118 Å². The van der Waals surface area contributed by atoms with E-state index in [1.165, 1.54) is 33.4 Å². The molecule has 1 aromatic rings. The van der Waals surface area contributed by atoms with Crippen molar-refractivity contribution < 1.29 is 0 Å². The van der Waals surface area contributed by atoms with E-state index in [0.717, 1.165) is 11.9 Å². The molecule has 0 atom stereocenters. The minimum atomic E-state index is 0.292. The first kappa shape index (κ1) is 10.5. The van der Waals surface area contributed by atoms with E-state index in [1.54, 1.807) is 11.9 Å². The van der Waals surface area contributed by atoms with Gasteiger partial charge in [-0.3, -0.25) is 4.72 Å². The normalized spacial score (nSPS) is 35.1. The highest BCUT2D eigenvalue weighted by Crippen LogP contribution is 2.59. The summed E-state index contributed by atoms with van der Waals surface area (Å²) in [6.45, 7) is 0. The van der Waals surface area contributed by atoms with E-state index in [2.05, 4.69) is 50.8 Å². The lowest BCUT2D eigenvalue weighted by Gasteiger charge is -2.59. The molecule has 0 amide bonds. The van der Waals surface area contributed by atoms with E-state index >= 15 is 0 Å². The summed E-state index contributed by atoms with van der Waals surface area (Å²) in [5.74, 6) is 1.91. The molecular weight excluding hydrogens is 345 g/mol. The monoisotopic (exact) mass is 357 g/mol. The Hall–Kier alpha value is -0.430. The first-order valence-corrected chi connectivity index (χ1v) is 7.71. The summed E-state index contributed by atoms with van der Waals surface area (Å²) in [6, 6.07) is 6.43. The summed E-state index contributed by atoms with van der Waals surface area (Å²) < 4.78 is 4.55. The lowest BCUT2D eigenvalue weighted by Crippen LogP contribution is -2.57. The van der Waals surface area contributed by atoms with Gasteiger partial charge in [-0.05, 0) is 77.9 Å². The van der Waals surface area contributed by atoms with E-state index in [1.807, 2.05) is 0 Å². The van der Waals surface area contributed by atoms with Crippen molar-refractivity contribution in [1.82, 2.24) is 4.72 Å². The highest BCUT2D eigenvalue weighted by molar-refractivity contribution is 14.1. The molecule has 3 nitrogen and oxygen atoms in total. The summed E-state index contributed by atoms with van der Waals surface area (Å²) in [5, 5.41) is 3.40. The number of guanidine groups is 1. The SMILES string of the molecule is Ic1ccc2c(c1)NC(=NC13CC(C1)C3)NS2. The second-order valence-electron chi connectivity index (χ2n) is 5.13. The number of anilines is 1. The maximum absolute atomic E-state index is 4.84. The number of benzene rings is 1. The number of nitrogens with zero attached hydrogens (tertiary/aromatic N) is 1. The molecule has 4 aliphatic rings. The number of aliphatic imine (C=N–C) groups is 1. The fourth-order valence-corrected chi connectivity index (χ4v) is 3.95. The molecule has 3 fully saturated rings. The predicted octanol–water partition coefficient (Wildman–Crippen LogP) is 3.22. The number of halogens is 1. The Bertz CT molecular complexity index is 511. The Morgan fingerprint density at radius 2 is 2.18 bits per heavy atom. The molecule has 0 spiro atoms. The minimum Gasteiger partial charge on any atom is -0.325 e. The molecule has 0 aromatic heterocycles. The van der Waals surface area contributed by atoms with Gasteiger partial charge in [0.1, 0.15) is 0 Å². The Morgan fingerprint density at radius 1 is 1.35 bits per heavy atom. The molecule has 2 N–H and O–H groups in total. The molecule has 1 aliphatic heterocycles. The zero-order chi connectivity index (χ0) is 11.5. The minimum absolute atomic E-state index is 0.292. The first-order valence-electron chi connectivity index (χ1n) is 5.82. The van der Waals surface area contributed by atoms with Crippen molar-refractivity contribution in [3.8, 4) is 0 Å². The van der Waals surface area contributed by atoms with Crippen LogP contribution >= 0.6 is 34.5 Å². The van der Waals surface area contributed by atoms with Crippen molar-refractivity contribution >= 4 is 46.2 Å². The van der Waals surface area contributed by atoms with Crippen LogP contribution in [0.2, 0.25) is 0 Å². The number of nitrogens with one attached hydrogen (secondary N) is 2. The van der Waals surface area contributed by atoms with E-state index in [9.17, 15) is 0 Å². The van der Waals surface area contributed by atoms with Crippen molar-refractivity contribution in [2.24, 2.45) is 10.9 Å². The summed E-state index contributed by atoms with van der Waals surface area (Å²) in [6.07, 6.45) is 3.89. The first-order chi connectivity index (χ1) is 8.22. The number of fused-ring (bicyclic) bond motifs is 1. The highest BCUT2D eigenvalue weighted by Gasteiger charge is 2.57. The summed E-state index contributed by atoms with van der Waals surface area (Å²) in [7, 11) is 0. The molecule has 88 valence electrons. The maximum Gasteiger partial charge on any atom is 0.206 e. The van der Waals surface area contributed by atoms with Crippen molar-refractivity contribution in [3.63, 3.8) is 0 Å². The zero-order valence-electron chi connectivity index (χ0n) is 9.16. The van der Waals surface area contributed by atoms with Crippen LogP contribution in [0.1, 0.15) is 19.3 Å². The summed E-state index contributed by atoms with van der Waals surface area (Å²) >= 11 is 3.99. The molecule has 2 bridgehead atoms. The fraction of sp³-hybridized carbons (Fsp3) is 0.417. The molecule has 3 saturated carbocycles. The van der Waals surface area contributed by atoms with Crippen molar-refractivity contribution in [1.29, 1.82) is 0 Å². The van der Waals surface area contributed by atoms with E-state index in [0.29, 0.717) is 5.54 Å². The van der Waals surface area contributed by atoms with E-state index < -0.39 is 0 Å². The van der Waals surface area contributed by atoms with Gasteiger partial charge in [0.15, 0.2) is 0 Å². The molecule has 0 unspecified atom stereocenters. The fourth-order valence-electron chi connectivity index (χ4n) is 2.80. The second kappa shape index (κ2) is 3.54. The average molecular weight is 357 g/mol. The lowest BCUT2D eigenvalue weighted by molar-refractivity contribution is -0.0147. The Kier molecular flexibility index (Phi) is 2.18. The molecule has 1 aromatic carbocycles. The average Bonchev–Trinajstić information content (AvgIpc) is 2.21. The van der Waals surface area contributed by atoms with Gasteiger partial charge in [0.2, 0.25) is 5.96 Å². The quantitative estimate of drug-likeness (QED) is 0.599. The van der Waals surface area contributed by atoms with Gasteiger partial charge in [0.05, 0.1) is 16.1 Å². The molecule has 5 heteroatoms. The lowest BCUT2D eigenvalue weighted by atomic mass is 9.50. The van der Waals surface area contributed by atoms with Crippen LogP contribution in [0.3, 0.4) is 0 Å². The summed E-state index contributed by atoms with van der Waals surface area (Å²) in [4.78, 5) is 6.08. The van der Waals surface area contributed by atoms with E-state index in [-0.39, 0.29) is 0 Å². The van der Waals surface area contributed by atoms with Gasteiger partial charge in [-0.2, -0.15) is 0 Å². The Balaban J connectivity index is 1.61. The van der Waals surface area contributed by atoms with Crippen LogP contribution in [0.15, 0.2) is 28.1 Å². The van der Waals surface area contributed by atoms with Gasteiger partial charge in [-0.1, -0.05) is 0 Å². The van der Waals surface area contributed by atoms with Crippen LogP contribution in [0, 0.1) is 9.49 Å². The molecule has 1 heterocycles.